The lowest BCUT2D eigenvalue weighted by Crippen LogP contribution is -2.25. The van der Waals surface area contributed by atoms with Crippen LogP contribution in [0.2, 0.25) is 0 Å². The Labute approximate surface area is 88.8 Å². The summed E-state index contributed by atoms with van der Waals surface area (Å²) in [6.07, 6.45) is 3.74. The Bertz CT molecular complexity index is 362. The fraction of sp³-hybridized carbons (Fsp3) is 0.556. The monoisotopic (exact) mass is 230 g/mol. The van der Waals surface area contributed by atoms with Crippen LogP contribution in [-0.2, 0) is 25.4 Å². The SMILES string of the molecule is O=C1OC(=O)C2CC(CS(=O)O)C=CC12. The molecule has 82 valence electrons. The molecule has 1 N–H and O–H groups in total. The molecule has 1 aliphatic heterocycles. The van der Waals surface area contributed by atoms with Crippen molar-refractivity contribution in [3.63, 3.8) is 0 Å². The Kier molecular flexibility index (Phi) is 2.70. The summed E-state index contributed by atoms with van der Waals surface area (Å²) in [5.74, 6) is -2.00. The molecule has 0 aromatic rings. The second kappa shape index (κ2) is 3.86. The number of fused-ring (bicyclic) bond motifs is 1. The van der Waals surface area contributed by atoms with Gasteiger partial charge in [0, 0.05) is 0 Å². The number of carbonyl (C=O) groups is 2. The van der Waals surface area contributed by atoms with Gasteiger partial charge in [-0.1, -0.05) is 12.2 Å². The van der Waals surface area contributed by atoms with E-state index in [1.165, 1.54) is 0 Å². The molecule has 0 aromatic heterocycles. The highest BCUT2D eigenvalue weighted by atomic mass is 32.2. The first kappa shape index (κ1) is 10.5. The van der Waals surface area contributed by atoms with Gasteiger partial charge in [0.25, 0.3) is 0 Å². The minimum Gasteiger partial charge on any atom is -0.392 e. The quantitative estimate of drug-likeness (QED) is 0.315. The van der Waals surface area contributed by atoms with E-state index >= 15 is 0 Å². The van der Waals surface area contributed by atoms with E-state index in [9.17, 15) is 13.8 Å². The number of allylic oxidation sites excluding steroid dienone is 1. The molecule has 1 fully saturated rings. The van der Waals surface area contributed by atoms with E-state index in [0.29, 0.717) is 6.42 Å². The summed E-state index contributed by atoms with van der Waals surface area (Å²) in [4.78, 5) is 22.4. The molecule has 0 bridgehead atoms. The molecule has 2 aliphatic rings. The van der Waals surface area contributed by atoms with Gasteiger partial charge in [-0.2, -0.15) is 0 Å². The number of hydrogen-bond donors (Lipinski definition) is 1. The zero-order chi connectivity index (χ0) is 11.0. The Morgan fingerprint density at radius 3 is 2.80 bits per heavy atom. The van der Waals surface area contributed by atoms with Gasteiger partial charge in [-0.25, -0.2) is 4.21 Å². The van der Waals surface area contributed by atoms with Gasteiger partial charge in [0.1, 0.15) is 0 Å². The molecule has 5 nitrogen and oxygen atoms in total. The lowest BCUT2D eigenvalue weighted by Gasteiger charge is -2.20. The lowest BCUT2D eigenvalue weighted by molar-refractivity contribution is -0.153. The minimum atomic E-state index is -1.88. The van der Waals surface area contributed by atoms with Crippen LogP contribution in [0.25, 0.3) is 0 Å². The molecular formula is C9H10O5S. The molecule has 0 amide bonds. The molecule has 0 radical (unpaired) electrons. The smallest absolute Gasteiger partial charge is 0.321 e. The van der Waals surface area contributed by atoms with Gasteiger partial charge in [0.15, 0.2) is 11.1 Å². The van der Waals surface area contributed by atoms with Crippen molar-refractivity contribution in [2.24, 2.45) is 17.8 Å². The van der Waals surface area contributed by atoms with Gasteiger partial charge in [-0.05, 0) is 12.3 Å². The Morgan fingerprint density at radius 1 is 1.40 bits per heavy atom. The van der Waals surface area contributed by atoms with E-state index in [0.717, 1.165) is 0 Å². The third-order valence-electron chi connectivity index (χ3n) is 2.71. The van der Waals surface area contributed by atoms with E-state index in [2.05, 4.69) is 4.74 Å². The second-order valence-corrected chi connectivity index (χ2v) is 4.72. The third-order valence-corrected chi connectivity index (χ3v) is 3.43. The van der Waals surface area contributed by atoms with Crippen LogP contribution in [-0.4, -0.2) is 26.5 Å². The first-order valence-electron chi connectivity index (χ1n) is 4.59. The maximum Gasteiger partial charge on any atom is 0.321 e. The number of cyclic esters (lactones) is 2. The standard InChI is InChI=1S/C9H10O5S/c10-8-6-2-1-5(4-15(12)13)3-7(6)9(11)14-8/h1-2,5-7H,3-4H2,(H,12,13). The highest BCUT2D eigenvalue weighted by molar-refractivity contribution is 7.79. The van der Waals surface area contributed by atoms with Gasteiger partial charge in [0.05, 0.1) is 17.6 Å². The van der Waals surface area contributed by atoms with Crippen molar-refractivity contribution in [1.82, 2.24) is 0 Å². The molecule has 4 unspecified atom stereocenters. The molecule has 6 heteroatoms. The van der Waals surface area contributed by atoms with Gasteiger partial charge in [-0.15, -0.1) is 0 Å². The van der Waals surface area contributed by atoms with E-state index in [1.54, 1.807) is 12.2 Å². The topological polar surface area (TPSA) is 80.7 Å². The lowest BCUT2D eigenvalue weighted by atomic mass is 9.81. The third kappa shape index (κ3) is 2.00. The maximum atomic E-state index is 11.2. The average Bonchev–Trinajstić information content (AvgIpc) is 2.41. The summed E-state index contributed by atoms with van der Waals surface area (Å²) >= 11 is -1.88. The van der Waals surface area contributed by atoms with Gasteiger partial charge < -0.3 is 9.29 Å². The molecule has 1 heterocycles. The number of rotatable bonds is 2. The predicted molar refractivity (Wildman–Crippen MR) is 51.0 cm³/mol. The molecule has 0 saturated carbocycles. The Balaban J connectivity index is 2.12. The predicted octanol–water partition coefficient (Wildman–Crippen LogP) is 0.1000. The van der Waals surface area contributed by atoms with E-state index in [4.69, 9.17) is 4.55 Å². The first-order chi connectivity index (χ1) is 7.08. The molecule has 0 spiro atoms. The summed E-state index contributed by atoms with van der Waals surface area (Å²) in [5.41, 5.74) is 0. The molecule has 2 rings (SSSR count). The Morgan fingerprint density at radius 2 is 2.13 bits per heavy atom. The van der Waals surface area contributed by atoms with E-state index < -0.39 is 34.9 Å². The van der Waals surface area contributed by atoms with Crippen LogP contribution < -0.4 is 0 Å². The van der Waals surface area contributed by atoms with Crippen molar-refractivity contribution in [2.45, 2.75) is 6.42 Å². The summed E-state index contributed by atoms with van der Waals surface area (Å²) < 4.78 is 23.8. The molecule has 4 atom stereocenters. The molecule has 0 aromatic carbocycles. The zero-order valence-corrected chi connectivity index (χ0v) is 8.61. The van der Waals surface area contributed by atoms with Gasteiger partial charge >= 0.3 is 11.9 Å². The largest absolute Gasteiger partial charge is 0.392 e. The first-order valence-corrected chi connectivity index (χ1v) is 5.87. The summed E-state index contributed by atoms with van der Waals surface area (Å²) in [7, 11) is 0. The molecule has 1 saturated heterocycles. The zero-order valence-electron chi connectivity index (χ0n) is 7.79. The summed E-state index contributed by atoms with van der Waals surface area (Å²) in [5, 5.41) is 0. The molecule has 1 aliphatic carbocycles. The second-order valence-electron chi connectivity index (χ2n) is 3.74. The fourth-order valence-corrected chi connectivity index (χ4v) is 2.61. The van der Waals surface area contributed by atoms with Gasteiger partial charge in [0.2, 0.25) is 0 Å². The van der Waals surface area contributed by atoms with Crippen LogP contribution in [0.5, 0.6) is 0 Å². The van der Waals surface area contributed by atoms with E-state index in [1.807, 2.05) is 0 Å². The summed E-state index contributed by atoms with van der Waals surface area (Å²) in [6, 6.07) is 0. The van der Waals surface area contributed by atoms with Crippen molar-refractivity contribution >= 4 is 23.0 Å². The fourth-order valence-electron chi connectivity index (χ4n) is 2.00. The number of ether oxygens (including phenoxy) is 1. The van der Waals surface area contributed by atoms with Crippen LogP contribution in [0.1, 0.15) is 6.42 Å². The molecular weight excluding hydrogens is 220 g/mol. The number of esters is 2. The van der Waals surface area contributed by atoms with Crippen LogP contribution in [0.4, 0.5) is 0 Å². The number of carbonyl (C=O) groups excluding carboxylic acids is 2. The van der Waals surface area contributed by atoms with Gasteiger partial charge in [-0.3, -0.25) is 9.59 Å². The van der Waals surface area contributed by atoms with Crippen molar-refractivity contribution < 1.29 is 23.1 Å². The highest BCUT2D eigenvalue weighted by Gasteiger charge is 2.45. The molecule has 15 heavy (non-hydrogen) atoms. The normalized spacial score (nSPS) is 36.2. The number of hydrogen-bond acceptors (Lipinski definition) is 4. The average molecular weight is 230 g/mol. The van der Waals surface area contributed by atoms with Crippen LogP contribution in [0, 0.1) is 17.8 Å². The van der Waals surface area contributed by atoms with Crippen molar-refractivity contribution in [3.05, 3.63) is 12.2 Å². The maximum absolute atomic E-state index is 11.2. The van der Waals surface area contributed by atoms with Crippen molar-refractivity contribution in [3.8, 4) is 0 Å². The van der Waals surface area contributed by atoms with Crippen LogP contribution >= 0.6 is 0 Å². The Hall–Kier alpha value is -1.01. The highest BCUT2D eigenvalue weighted by Crippen LogP contribution is 2.35. The van der Waals surface area contributed by atoms with E-state index in [-0.39, 0.29) is 11.7 Å². The summed E-state index contributed by atoms with van der Waals surface area (Å²) in [6.45, 7) is 0. The minimum absolute atomic E-state index is 0.0984. The van der Waals surface area contributed by atoms with Crippen LogP contribution in [0.15, 0.2) is 12.2 Å². The van der Waals surface area contributed by atoms with Crippen LogP contribution in [0.3, 0.4) is 0 Å². The van der Waals surface area contributed by atoms with Crippen molar-refractivity contribution in [1.29, 1.82) is 0 Å². The van der Waals surface area contributed by atoms with Crippen molar-refractivity contribution in [2.75, 3.05) is 5.75 Å².